The first-order chi connectivity index (χ1) is 11.7. The molecule has 0 aliphatic carbocycles. The highest BCUT2D eigenvalue weighted by Crippen LogP contribution is 2.14. The van der Waals surface area contributed by atoms with Crippen LogP contribution in [0.15, 0.2) is 71.7 Å². The molecule has 0 fully saturated rings. The first kappa shape index (κ1) is 15.4. The molecule has 0 saturated carbocycles. The van der Waals surface area contributed by atoms with Gasteiger partial charge in [0, 0.05) is 23.9 Å². The number of benzene rings is 3. The van der Waals surface area contributed by atoms with Crippen molar-refractivity contribution in [3.63, 3.8) is 0 Å². The minimum absolute atomic E-state index is 0.0724. The van der Waals surface area contributed by atoms with E-state index in [0.717, 1.165) is 11.1 Å². The standard InChI is InChI=1S/C20H14N2O2/c23-22(24)20-11-8-17(9-12-20)15-21-13-3-4-16-7-10-18-5-1-2-6-19(18)14-16/h1-2,5-12,14-15H,13H2. The van der Waals surface area contributed by atoms with E-state index in [-0.39, 0.29) is 5.69 Å². The van der Waals surface area contributed by atoms with Gasteiger partial charge in [0.25, 0.3) is 5.69 Å². The lowest BCUT2D eigenvalue weighted by Crippen LogP contribution is -1.88. The first-order valence-corrected chi connectivity index (χ1v) is 7.44. The Balaban J connectivity index is 1.63. The highest BCUT2D eigenvalue weighted by molar-refractivity contribution is 5.83. The molecular weight excluding hydrogens is 300 g/mol. The molecule has 0 unspecified atom stereocenters. The minimum atomic E-state index is -0.421. The van der Waals surface area contributed by atoms with E-state index in [1.807, 2.05) is 18.2 Å². The SMILES string of the molecule is O=[N+]([O-])c1ccc(C=NCC#Cc2ccc3ccccc3c2)cc1. The van der Waals surface area contributed by atoms with Gasteiger partial charge >= 0.3 is 0 Å². The Morgan fingerprint density at radius 2 is 1.75 bits per heavy atom. The molecule has 0 aliphatic heterocycles. The maximum absolute atomic E-state index is 10.6. The number of fused-ring (bicyclic) bond motifs is 1. The topological polar surface area (TPSA) is 55.5 Å². The number of nitrogens with zero attached hydrogens (tertiary/aromatic N) is 2. The fourth-order valence-electron chi connectivity index (χ4n) is 2.29. The average Bonchev–Trinajstić information content (AvgIpc) is 2.61. The van der Waals surface area contributed by atoms with Crippen molar-refractivity contribution in [2.75, 3.05) is 6.54 Å². The van der Waals surface area contributed by atoms with Crippen LogP contribution in [0.3, 0.4) is 0 Å². The summed E-state index contributed by atoms with van der Waals surface area (Å²) < 4.78 is 0. The lowest BCUT2D eigenvalue weighted by Gasteiger charge is -1.97. The van der Waals surface area contributed by atoms with Gasteiger partial charge < -0.3 is 0 Å². The van der Waals surface area contributed by atoms with Crippen LogP contribution in [-0.2, 0) is 0 Å². The van der Waals surface area contributed by atoms with E-state index in [2.05, 4.69) is 41.1 Å². The Kier molecular flexibility index (Phi) is 4.64. The van der Waals surface area contributed by atoms with Gasteiger partial charge in [0.15, 0.2) is 0 Å². The van der Waals surface area contributed by atoms with Gasteiger partial charge in [-0.25, -0.2) is 0 Å². The van der Waals surface area contributed by atoms with Crippen molar-refractivity contribution < 1.29 is 4.92 Å². The van der Waals surface area contributed by atoms with Crippen molar-refractivity contribution in [2.45, 2.75) is 0 Å². The second kappa shape index (κ2) is 7.21. The summed E-state index contributed by atoms with van der Waals surface area (Å²) in [4.78, 5) is 14.4. The molecular formula is C20H14N2O2. The van der Waals surface area contributed by atoms with Crippen molar-refractivity contribution >= 4 is 22.7 Å². The molecule has 0 radical (unpaired) electrons. The van der Waals surface area contributed by atoms with E-state index in [0.29, 0.717) is 6.54 Å². The molecule has 0 saturated heterocycles. The summed E-state index contributed by atoms with van der Waals surface area (Å²) in [6.45, 7) is 0.379. The number of nitro groups is 1. The van der Waals surface area contributed by atoms with Gasteiger partial charge in [0.2, 0.25) is 0 Å². The average molecular weight is 314 g/mol. The van der Waals surface area contributed by atoms with E-state index in [1.165, 1.54) is 22.9 Å². The van der Waals surface area contributed by atoms with Crippen molar-refractivity contribution in [3.8, 4) is 11.8 Å². The van der Waals surface area contributed by atoms with E-state index in [1.54, 1.807) is 18.3 Å². The third-order valence-electron chi connectivity index (χ3n) is 3.50. The predicted octanol–water partition coefficient (Wildman–Crippen LogP) is 4.22. The third-order valence-corrected chi connectivity index (χ3v) is 3.50. The summed E-state index contributed by atoms with van der Waals surface area (Å²) in [7, 11) is 0. The molecule has 0 aromatic heterocycles. The van der Waals surface area contributed by atoms with Crippen LogP contribution in [0.2, 0.25) is 0 Å². The second-order valence-electron chi connectivity index (χ2n) is 5.18. The van der Waals surface area contributed by atoms with Gasteiger partial charge in [-0.3, -0.25) is 15.1 Å². The lowest BCUT2D eigenvalue weighted by molar-refractivity contribution is -0.384. The molecule has 4 heteroatoms. The normalized spacial score (nSPS) is 10.5. The van der Waals surface area contributed by atoms with Crippen molar-refractivity contribution in [1.29, 1.82) is 0 Å². The zero-order chi connectivity index (χ0) is 16.8. The van der Waals surface area contributed by atoms with Crippen LogP contribution < -0.4 is 0 Å². The molecule has 0 N–H and O–H groups in total. The number of rotatable bonds is 3. The molecule has 0 atom stereocenters. The number of nitro benzene ring substituents is 1. The quantitative estimate of drug-likeness (QED) is 0.314. The Labute approximate surface area is 139 Å². The largest absolute Gasteiger partial charge is 0.280 e. The highest BCUT2D eigenvalue weighted by atomic mass is 16.6. The van der Waals surface area contributed by atoms with E-state index in [4.69, 9.17) is 0 Å². The van der Waals surface area contributed by atoms with Gasteiger partial charge in [-0.2, -0.15) is 0 Å². The van der Waals surface area contributed by atoms with Crippen LogP contribution >= 0.6 is 0 Å². The van der Waals surface area contributed by atoms with Gasteiger partial charge in [0.05, 0.1) is 4.92 Å². The smallest absolute Gasteiger partial charge is 0.269 e. The van der Waals surface area contributed by atoms with Crippen LogP contribution in [0.1, 0.15) is 11.1 Å². The molecule has 0 heterocycles. The van der Waals surface area contributed by atoms with Crippen molar-refractivity contribution in [2.24, 2.45) is 4.99 Å². The van der Waals surface area contributed by atoms with Gasteiger partial charge in [-0.1, -0.05) is 42.2 Å². The first-order valence-electron chi connectivity index (χ1n) is 7.44. The summed E-state index contributed by atoms with van der Waals surface area (Å²) >= 11 is 0. The highest BCUT2D eigenvalue weighted by Gasteiger charge is 2.02. The number of hydrogen-bond donors (Lipinski definition) is 0. The maximum Gasteiger partial charge on any atom is 0.269 e. The molecule has 116 valence electrons. The summed E-state index contributed by atoms with van der Waals surface area (Å²) in [6, 6.07) is 20.5. The number of non-ortho nitro benzene ring substituents is 1. The Bertz CT molecular complexity index is 964. The van der Waals surface area contributed by atoms with E-state index < -0.39 is 4.92 Å². The van der Waals surface area contributed by atoms with Crippen molar-refractivity contribution in [3.05, 3.63) is 88.0 Å². The fourth-order valence-corrected chi connectivity index (χ4v) is 2.29. The molecule has 3 aromatic carbocycles. The van der Waals surface area contributed by atoms with Crippen LogP contribution in [0, 0.1) is 22.0 Å². The zero-order valence-electron chi connectivity index (χ0n) is 12.8. The Morgan fingerprint density at radius 3 is 2.50 bits per heavy atom. The molecule has 24 heavy (non-hydrogen) atoms. The predicted molar refractivity (Wildman–Crippen MR) is 96.4 cm³/mol. The summed E-state index contributed by atoms with van der Waals surface area (Å²) in [5, 5.41) is 12.9. The van der Waals surface area contributed by atoms with Crippen molar-refractivity contribution in [1.82, 2.24) is 0 Å². The van der Waals surface area contributed by atoms with Gasteiger partial charge in [-0.15, -0.1) is 0 Å². The van der Waals surface area contributed by atoms with Crippen LogP contribution in [0.25, 0.3) is 10.8 Å². The monoisotopic (exact) mass is 314 g/mol. The van der Waals surface area contributed by atoms with Crippen LogP contribution in [-0.4, -0.2) is 17.7 Å². The zero-order valence-corrected chi connectivity index (χ0v) is 12.8. The lowest BCUT2D eigenvalue weighted by atomic mass is 10.1. The molecule has 3 rings (SSSR count). The van der Waals surface area contributed by atoms with Gasteiger partial charge in [-0.05, 0) is 40.6 Å². The maximum atomic E-state index is 10.6. The van der Waals surface area contributed by atoms with Gasteiger partial charge in [0.1, 0.15) is 6.54 Å². The van der Waals surface area contributed by atoms with E-state index in [9.17, 15) is 10.1 Å². The molecule has 4 nitrogen and oxygen atoms in total. The molecule has 0 spiro atoms. The number of aliphatic imine (C=N–C) groups is 1. The molecule has 0 amide bonds. The third kappa shape index (κ3) is 3.84. The summed E-state index contributed by atoms with van der Waals surface area (Å²) in [5.41, 5.74) is 1.84. The molecule has 0 aliphatic rings. The second-order valence-corrected chi connectivity index (χ2v) is 5.18. The van der Waals surface area contributed by atoms with Crippen LogP contribution in [0.4, 0.5) is 5.69 Å². The summed E-state index contributed by atoms with van der Waals surface area (Å²) in [5.74, 6) is 6.10. The summed E-state index contributed by atoms with van der Waals surface area (Å²) in [6.07, 6.45) is 1.67. The number of hydrogen-bond acceptors (Lipinski definition) is 3. The van der Waals surface area contributed by atoms with E-state index >= 15 is 0 Å². The molecule has 0 bridgehead atoms. The Morgan fingerprint density at radius 1 is 1.00 bits per heavy atom. The fraction of sp³-hybridized carbons (Fsp3) is 0.0500. The molecule has 3 aromatic rings. The Hall–Kier alpha value is -3.45. The minimum Gasteiger partial charge on any atom is -0.280 e. The van der Waals surface area contributed by atoms with Crippen LogP contribution in [0.5, 0.6) is 0 Å².